The standard InChI is InChI=1S/C14H20N2O3/c1-4-19-13(17)9-10-16(3)14(18)15-12-7-5-11(2)6-8-12/h5-8H,4,9-10H2,1-3H3,(H,15,18). The third-order valence-corrected chi connectivity index (χ3v) is 2.61. The van der Waals surface area contributed by atoms with Crippen LogP contribution in [0.1, 0.15) is 18.9 Å². The molecule has 0 spiro atoms. The average molecular weight is 264 g/mol. The van der Waals surface area contributed by atoms with Crippen LogP contribution < -0.4 is 5.32 Å². The first-order valence-electron chi connectivity index (χ1n) is 6.27. The first-order valence-corrected chi connectivity index (χ1v) is 6.27. The van der Waals surface area contributed by atoms with Crippen molar-refractivity contribution in [1.29, 1.82) is 0 Å². The van der Waals surface area contributed by atoms with Crippen molar-refractivity contribution in [2.45, 2.75) is 20.3 Å². The Bertz CT molecular complexity index is 429. The first-order chi connectivity index (χ1) is 9.02. The smallest absolute Gasteiger partial charge is 0.321 e. The summed E-state index contributed by atoms with van der Waals surface area (Å²) < 4.78 is 4.81. The van der Waals surface area contributed by atoms with Crippen LogP contribution in [0.4, 0.5) is 10.5 Å². The van der Waals surface area contributed by atoms with E-state index in [-0.39, 0.29) is 18.4 Å². The van der Waals surface area contributed by atoms with E-state index < -0.39 is 0 Å². The first kappa shape index (κ1) is 15.0. The van der Waals surface area contributed by atoms with Gasteiger partial charge in [-0.1, -0.05) is 17.7 Å². The van der Waals surface area contributed by atoms with E-state index in [0.29, 0.717) is 13.2 Å². The molecule has 0 heterocycles. The zero-order chi connectivity index (χ0) is 14.3. The molecule has 1 rings (SSSR count). The summed E-state index contributed by atoms with van der Waals surface area (Å²) in [5.41, 5.74) is 1.87. The van der Waals surface area contributed by atoms with Crippen LogP contribution >= 0.6 is 0 Å². The molecule has 0 unspecified atom stereocenters. The number of nitrogens with one attached hydrogen (secondary N) is 1. The van der Waals surface area contributed by atoms with Crippen LogP contribution in [0.2, 0.25) is 0 Å². The number of nitrogens with zero attached hydrogens (tertiary/aromatic N) is 1. The fourth-order valence-corrected chi connectivity index (χ4v) is 1.45. The fourth-order valence-electron chi connectivity index (χ4n) is 1.45. The number of hydrogen-bond acceptors (Lipinski definition) is 3. The van der Waals surface area contributed by atoms with Gasteiger partial charge in [0.2, 0.25) is 0 Å². The molecule has 2 amide bonds. The lowest BCUT2D eigenvalue weighted by molar-refractivity contribution is -0.143. The van der Waals surface area contributed by atoms with E-state index in [4.69, 9.17) is 4.74 Å². The second-order valence-corrected chi connectivity index (χ2v) is 4.27. The third-order valence-electron chi connectivity index (χ3n) is 2.61. The van der Waals surface area contributed by atoms with Crippen LogP contribution in [0, 0.1) is 6.92 Å². The quantitative estimate of drug-likeness (QED) is 0.831. The molecule has 5 heteroatoms. The van der Waals surface area contributed by atoms with E-state index in [2.05, 4.69) is 5.32 Å². The van der Waals surface area contributed by atoms with Crippen molar-refractivity contribution >= 4 is 17.7 Å². The molecule has 0 atom stereocenters. The van der Waals surface area contributed by atoms with Gasteiger partial charge in [-0.3, -0.25) is 4.79 Å². The molecule has 0 radical (unpaired) electrons. The van der Waals surface area contributed by atoms with E-state index in [1.165, 1.54) is 4.90 Å². The molecule has 0 aliphatic rings. The Balaban J connectivity index is 2.40. The van der Waals surface area contributed by atoms with Crippen LogP contribution in [0.5, 0.6) is 0 Å². The number of urea groups is 1. The van der Waals surface area contributed by atoms with Gasteiger partial charge in [-0.2, -0.15) is 0 Å². The minimum Gasteiger partial charge on any atom is -0.466 e. The monoisotopic (exact) mass is 264 g/mol. The van der Waals surface area contributed by atoms with Gasteiger partial charge in [-0.05, 0) is 26.0 Å². The minimum atomic E-state index is -0.294. The number of carbonyl (C=O) groups excluding carboxylic acids is 2. The van der Waals surface area contributed by atoms with E-state index in [9.17, 15) is 9.59 Å². The molecule has 104 valence electrons. The van der Waals surface area contributed by atoms with E-state index in [1.807, 2.05) is 31.2 Å². The summed E-state index contributed by atoms with van der Waals surface area (Å²) in [6, 6.07) is 7.29. The van der Waals surface area contributed by atoms with Crippen LogP contribution in [0.15, 0.2) is 24.3 Å². The average Bonchev–Trinajstić information content (AvgIpc) is 2.39. The maximum atomic E-state index is 11.8. The molecule has 0 fully saturated rings. The summed E-state index contributed by atoms with van der Waals surface area (Å²) in [6.07, 6.45) is 0.200. The largest absolute Gasteiger partial charge is 0.466 e. The van der Waals surface area contributed by atoms with Gasteiger partial charge < -0.3 is 15.0 Å². The topological polar surface area (TPSA) is 58.6 Å². The van der Waals surface area contributed by atoms with Crippen LogP contribution in [0.3, 0.4) is 0 Å². The molecule has 1 aromatic carbocycles. The van der Waals surface area contributed by atoms with E-state index in [1.54, 1.807) is 14.0 Å². The minimum absolute atomic E-state index is 0.200. The van der Waals surface area contributed by atoms with Crippen molar-refractivity contribution in [3.05, 3.63) is 29.8 Å². The number of benzene rings is 1. The van der Waals surface area contributed by atoms with Crippen LogP contribution in [-0.4, -0.2) is 37.1 Å². The van der Waals surface area contributed by atoms with E-state index in [0.717, 1.165) is 11.3 Å². The zero-order valence-corrected chi connectivity index (χ0v) is 11.6. The summed E-state index contributed by atoms with van der Waals surface area (Å²) >= 11 is 0. The Hall–Kier alpha value is -2.04. The van der Waals surface area contributed by atoms with Gasteiger partial charge in [0.25, 0.3) is 0 Å². The van der Waals surface area contributed by atoms with Gasteiger partial charge in [0, 0.05) is 19.3 Å². The molecule has 1 N–H and O–H groups in total. The second-order valence-electron chi connectivity index (χ2n) is 4.27. The maximum absolute atomic E-state index is 11.8. The summed E-state index contributed by atoms with van der Waals surface area (Å²) in [4.78, 5) is 24.5. The SMILES string of the molecule is CCOC(=O)CCN(C)C(=O)Nc1ccc(C)cc1. The fraction of sp³-hybridized carbons (Fsp3) is 0.429. The highest BCUT2D eigenvalue weighted by Gasteiger charge is 2.11. The number of hydrogen-bond donors (Lipinski definition) is 1. The van der Waals surface area contributed by atoms with Crippen molar-refractivity contribution in [2.24, 2.45) is 0 Å². The summed E-state index contributed by atoms with van der Waals surface area (Å²) in [6.45, 7) is 4.43. The molecule has 1 aromatic rings. The predicted octanol–water partition coefficient (Wildman–Crippen LogP) is 2.41. The summed E-state index contributed by atoms with van der Waals surface area (Å²) in [7, 11) is 1.64. The molecular formula is C14H20N2O3. The molecule has 0 bridgehead atoms. The van der Waals surface area contributed by atoms with Crippen LogP contribution in [0.25, 0.3) is 0 Å². The number of anilines is 1. The van der Waals surface area contributed by atoms with E-state index >= 15 is 0 Å². The number of ether oxygens (including phenoxy) is 1. The van der Waals surface area contributed by atoms with Crippen molar-refractivity contribution in [3.8, 4) is 0 Å². The highest BCUT2D eigenvalue weighted by molar-refractivity contribution is 5.89. The number of carbonyl (C=O) groups is 2. The van der Waals surface area contributed by atoms with Gasteiger partial charge in [-0.15, -0.1) is 0 Å². The Morgan fingerprint density at radius 1 is 1.26 bits per heavy atom. The summed E-state index contributed by atoms with van der Waals surface area (Å²) in [5.74, 6) is -0.294. The lowest BCUT2D eigenvalue weighted by Gasteiger charge is -2.17. The molecule has 19 heavy (non-hydrogen) atoms. The number of rotatable bonds is 5. The second kappa shape index (κ2) is 7.41. The summed E-state index contributed by atoms with van der Waals surface area (Å²) in [5, 5.41) is 2.76. The molecule has 5 nitrogen and oxygen atoms in total. The Morgan fingerprint density at radius 2 is 1.89 bits per heavy atom. The number of aryl methyl sites for hydroxylation is 1. The van der Waals surface area contributed by atoms with Crippen molar-refractivity contribution in [1.82, 2.24) is 4.90 Å². The molecule has 0 aliphatic heterocycles. The highest BCUT2D eigenvalue weighted by Crippen LogP contribution is 2.09. The third kappa shape index (κ3) is 5.42. The maximum Gasteiger partial charge on any atom is 0.321 e. The van der Waals surface area contributed by atoms with Gasteiger partial charge in [0.1, 0.15) is 0 Å². The molecule has 0 saturated carbocycles. The Kier molecular flexibility index (Phi) is 5.85. The van der Waals surface area contributed by atoms with Gasteiger partial charge in [0.15, 0.2) is 0 Å². The molecule has 0 aliphatic carbocycles. The van der Waals surface area contributed by atoms with Crippen LogP contribution in [-0.2, 0) is 9.53 Å². The lowest BCUT2D eigenvalue weighted by atomic mass is 10.2. The predicted molar refractivity (Wildman–Crippen MR) is 74.1 cm³/mol. The molecule has 0 saturated heterocycles. The molecule has 0 aromatic heterocycles. The lowest BCUT2D eigenvalue weighted by Crippen LogP contribution is -2.33. The van der Waals surface area contributed by atoms with Crippen molar-refractivity contribution in [2.75, 3.05) is 25.5 Å². The Morgan fingerprint density at radius 3 is 2.47 bits per heavy atom. The number of esters is 1. The highest BCUT2D eigenvalue weighted by atomic mass is 16.5. The Labute approximate surface area is 113 Å². The van der Waals surface area contributed by atoms with Gasteiger partial charge in [-0.25, -0.2) is 4.79 Å². The van der Waals surface area contributed by atoms with Crippen molar-refractivity contribution in [3.63, 3.8) is 0 Å². The normalized spacial score (nSPS) is 9.84. The number of amides is 2. The van der Waals surface area contributed by atoms with Gasteiger partial charge >= 0.3 is 12.0 Å². The van der Waals surface area contributed by atoms with Crippen molar-refractivity contribution < 1.29 is 14.3 Å². The zero-order valence-electron chi connectivity index (χ0n) is 11.6. The van der Waals surface area contributed by atoms with Gasteiger partial charge in [0.05, 0.1) is 13.0 Å². The molecular weight excluding hydrogens is 244 g/mol.